The summed E-state index contributed by atoms with van der Waals surface area (Å²) < 4.78 is 7.07. The number of ether oxygens (including phenoxy) is 1. The quantitative estimate of drug-likeness (QED) is 0.406. The normalized spacial score (nSPS) is 10.4. The number of nitrogens with zero attached hydrogens (tertiary/aromatic N) is 4. The molecule has 126 valence electrons. The summed E-state index contributed by atoms with van der Waals surface area (Å²) >= 11 is 7.44. The monoisotopic (exact) mass is 371 g/mol. The molecular weight excluding hydrogens is 358 g/mol. The van der Waals surface area contributed by atoms with Gasteiger partial charge in [-0.25, -0.2) is 4.68 Å². The van der Waals surface area contributed by atoms with Gasteiger partial charge in [0.05, 0.1) is 18.2 Å². The Kier molecular flexibility index (Phi) is 5.43. The maximum atomic E-state index is 8.77. The molecule has 0 aliphatic carbocycles. The third-order valence-corrected chi connectivity index (χ3v) is 4.46. The number of nitrogens with two attached hydrogens (primary N) is 1. The van der Waals surface area contributed by atoms with E-state index in [2.05, 4.69) is 16.3 Å². The van der Waals surface area contributed by atoms with Gasteiger partial charge in [-0.1, -0.05) is 35.5 Å². The second-order valence-electron chi connectivity index (χ2n) is 5.02. The molecule has 0 radical (unpaired) electrons. The molecule has 6 nitrogen and oxygen atoms in total. The van der Waals surface area contributed by atoms with Crippen LogP contribution in [0.5, 0.6) is 5.75 Å². The number of halogens is 1. The molecule has 2 aromatic carbocycles. The maximum absolute atomic E-state index is 8.77. The van der Waals surface area contributed by atoms with E-state index >= 15 is 0 Å². The van der Waals surface area contributed by atoms with Crippen molar-refractivity contribution < 1.29 is 4.74 Å². The molecule has 1 aromatic heterocycles. The van der Waals surface area contributed by atoms with Crippen LogP contribution in [0.2, 0.25) is 5.02 Å². The van der Waals surface area contributed by atoms with Gasteiger partial charge in [-0.05, 0) is 36.4 Å². The van der Waals surface area contributed by atoms with E-state index in [4.69, 9.17) is 27.4 Å². The van der Waals surface area contributed by atoms with Crippen LogP contribution in [0, 0.1) is 11.3 Å². The van der Waals surface area contributed by atoms with Gasteiger partial charge in [-0.15, -0.1) is 10.2 Å². The van der Waals surface area contributed by atoms with Crippen LogP contribution in [0.1, 0.15) is 5.56 Å². The Morgan fingerprint density at radius 3 is 2.72 bits per heavy atom. The lowest BCUT2D eigenvalue weighted by molar-refractivity contribution is 0.344. The highest BCUT2D eigenvalue weighted by atomic mass is 35.5. The van der Waals surface area contributed by atoms with E-state index in [9.17, 15) is 0 Å². The van der Waals surface area contributed by atoms with Crippen molar-refractivity contribution in [2.24, 2.45) is 0 Å². The summed E-state index contributed by atoms with van der Waals surface area (Å²) in [5, 5.41) is 18.2. The van der Waals surface area contributed by atoms with Crippen molar-refractivity contribution in [3.8, 4) is 23.2 Å². The molecule has 1 heterocycles. The van der Waals surface area contributed by atoms with Crippen molar-refractivity contribution in [3.63, 3.8) is 0 Å². The van der Waals surface area contributed by atoms with Gasteiger partial charge < -0.3 is 10.6 Å². The van der Waals surface area contributed by atoms with E-state index in [0.29, 0.717) is 39.7 Å². The third kappa shape index (κ3) is 4.24. The summed E-state index contributed by atoms with van der Waals surface area (Å²) in [7, 11) is 0. The highest BCUT2D eigenvalue weighted by molar-refractivity contribution is 7.99. The molecule has 0 bridgehead atoms. The smallest absolute Gasteiger partial charge is 0.210 e. The fourth-order valence-corrected chi connectivity index (χ4v) is 2.98. The van der Waals surface area contributed by atoms with E-state index in [1.54, 1.807) is 36.4 Å². The first-order valence-electron chi connectivity index (χ1n) is 7.39. The minimum absolute atomic E-state index is 0.482. The average molecular weight is 372 g/mol. The largest absolute Gasteiger partial charge is 0.493 e. The predicted octanol–water partition coefficient (Wildman–Crippen LogP) is 3.36. The average Bonchev–Trinajstić information content (AvgIpc) is 3.00. The predicted molar refractivity (Wildman–Crippen MR) is 98.0 cm³/mol. The van der Waals surface area contributed by atoms with Gasteiger partial charge in [0.1, 0.15) is 5.75 Å². The summed E-state index contributed by atoms with van der Waals surface area (Å²) in [6.45, 7) is 0.482. The first-order chi connectivity index (χ1) is 12.2. The van der Waals surface area contributed by atoms with Crippen LogP contribution in [0.3, 0.4) is 0 Å². The van der Waals surface area contributed by atoms with Crippen molar-refractivity contribution in [1.82, 2.24) is 14.9 Å². The lowest BCUT2D eigenvalue weighted by Crippen LogP contribution is -2.12. The Balaban J connectivity index is 1.56. The number of benzene rings is 2. The third-order valence-electron chi connectivity index (χ3n) is 3.31. The van der Waals surface area contributed by atoms with Gasteiger partial charge in [0.15, 0.2) is 5.82 Å². The Morgan fingerprint density at radius 2 is 2.00 bits per heavy atom. The van der Waals surface area contributed by atoms with Gasteiger partial charge in [0, 0.05) is 16.3 Å². The molecule has 0 unspecified atom stereocenters. The molecule has 0 spiro atoms. The topological polar surface area (TPSA) is 89.8 Å². The van der Waals surface area contributed by atoms with Crippen LogP contribution in [0.4, 0.5) is 0 Å². The molecule has 0 fully saturated rings. The highest BCUT2D eigenvalue weighted by Crippen LogP contribution is 2.23. The van der Waals surface area contributed by atoms with E-state index in [1.807, 2.05) is 12.1 Å². The second-order valence-corrected chi connectivity index (χ2v) is 6.52. The van der Waals surface area contributed by atoms with Crippen molar-refractivity contribution in [2.75, 3.05) is 18.2 Å². The Labute approximate surface area is 154 Å². The van der Waals surface area contributed by atoms with Gasteiger partial charge in [-0.2, -0.15) is 5.26 Å². The SMILES string of the molecule is N#Cc1ccc(OCCSc2nnc(-c3cccc(Cl)c3)n2N)cc1. The van der Waals surface area contributed by atoms with Gasteiger partial charge in [0.25, 0.3) is 0 Å². The summed E-state index contributed by atoms with van der Waals surface area (Å²) in [6, 6.07) is 16.3. The lowest BCUT2D eigenvalue weighted by Gasteiger charge is -2.06. The molecule has 0 atom stereocenters. The Morgan fingerprint density at radius 1 is 1.20 bits per heavy atom. The zero-order chi connectivity index (χ0) is 17.6. The van der Waals surface area contributed by atoms with Crippen LogP contribution in [0.25, 0.3) is 11.4 Å². The van der Waals surface area contributed by atoms with Crippen LogP contribution >= 0.6 is 23.4 Å². The van der Waals surface area contributed by atoms with Gasteiger partial charge in [-0.3, -0.25) is 0 Å². The molecule has 0 aliphatic rings. The molecule has 0 saturated heterocycles. The first kappa shape index (κ1) is 17.1. The Hall–Kier alpha value is -2.69. The van der Waals surface area contributed by atoms with Crippen LogP contribution in [0.15, 0.2) is 53.7 Å². The zero-order valence-corrected chi connectivity index (χ0v) is 14.7. The Bertz CT molecular complexity index is 904. The number of nitriles is 1. The van der Waals surface area contributed by atoms with Crippen molar-refractivity contribution in [1.29, 1.82) is 5.26 Å². The summed E-state index contributed by atoms with van der Waals surface area (Å²) in [4.78, 5) is 0. The van der Waals surface area contributed by atoms with Crippen LogP contribution < -0.4 is 10.6 Å². The highest BCUT2D eigenvalue weighted by Gasteiger charge is 2.12. The minimum Gasteiger partial charge on any atom is -0.493 e. The van der Waals surface area contributed by atoms with Crippen molar-refractivity contribution in [2.45, 2.75) is 5.16 Å². The molecular formula is C17H14ClN5OS. The summed E-state index contributed by atoms with van der Waals surface area (Å²) in [5.41, 5.74) is 1.41. The number of rotatable bonds is 6. The molecule has 0 amide bonds. The molecule has 0 saturated carbocycles. The van der Waals surface area contributed by atoms with E-state index in [-0.39, 0.29) is 0 Å². The van der Waals surface area contributed by atoms with E-state index in [0.717, 1.165) is 5.56 Å². The zero-order valence-electron chi connectivity index (χ0n) is 13.1. The summed E-state index contributed by atoms with van der Waals surface area (Å²) in [6.07, 6.45) is 0. The molecule has 3 rings (SSSR count). The number of thioether (sulfide) groups is 1. The molecule has 3 aromatic rings. The first-order valence-corrected chi connectivity index (χ1v) is 8.76. The van der Waals surface area contributed by atoms with Crippen molar-refractivity contribution >= 4 is 23.4 Å². The lowest BCUT2D eigenvalue weighted by atomic mass is 10.2. The fourth-order valence-electron chi connectivity index (χ4n) is 2.12. The number of hydrogen-bond donors (Lipinski definition) is 1. The molecule has 0 aliphatic heterocycles. The van der Waals surface area contributed by atoms with Crippen molar-refractivity contribution in [3.05, 3.63) is 59.1 Å². The molecule has 2 N–H and O–H groups in total. The maximum Gasteiger partial charge on any atom is 0.210 e. The number of hydrogen-bond acceptors (Lipinski definition) is 6. The minimum atomic E-state index is 0.482. The van der Waals surface area contributed by atoms with E-state index < -0.39 is 0 Å². The van der Waals surface area contributed by atoms with Gasteiger partial charge >= 0.3 is 0 Å². The van der Waals surface area contributed by atoms with Crippen LogP contribution in [-0.4, -0.2) is 27.2 Å². The van der Waals surface area contributed by atoms with Crippen LogP contribution in [-0.2, 0) is 0 Å². The number of nitrogen functional groups attached to an aromatic ring is 1. The van der Waals surface area contributed by atoms with Gasteiger partial charge in [0.2, 0.25) is 5.16 Å². The number of aromatic nitrogens is 3. The second kappa shape index (κ2) is 7.92. The standard InChI is InChI=1S/C17H14ClN5OS/c18-14-3-1-2-13(10-14)16-21-22-17(23(16)20)25-9-8-24-15-6-4-12(11-19)5-7-15/h1-7,10H,8-9,20H2. The fraction of sp³-hybridized carbons (Fsp3) is 0.118. The summed E-state index contributed by atoms with van der Waals surface area (Å²) in [5.74, 6) is 7.99. The van der Waals surface area contributed by atoms with E-state index in [1.165, 1.54) is 16.4 Å². The molecule has 25 heavy (non-hydrogen) atoms. The molecule has 8 heteroatoms.